The summed E-state index contributed by atoms with van der Waals surface area (Å²) in [5.41, 5.74) is 12.5. The molecule has 0 spiro atoms. The second-order valence-corrected chi connectivity index (χ2v) is 10.0. The highest BCUT2D eigenvalue weighted by Crippen LogP contribution is 2.34. The van der Waals surface area contributed by atoms with Gasteiger partial charge in [-0.2, -0.15) is 0 Å². The van der Waals surface area contributed by atoms with E-state index in [4.69, 9.17) is 22.3 Å². The van der Waals surface area contributed by atoms with Crippen molar-refractivity contribution in [2.75, 3.05) is 18.4 Å². The van der Waals surface area contributed by atoms with Crippen molar-refractivity contribution in [3.8, 4) is 0 Å². The van der Waals surface area contributed by atoms with Crippen LogP contribution in [0, 0.1) is 0 Å². The third-order valence-corrected chi connectivity index (χ3v) is 7.47. The molecule has 0 unspecified atom stereocenters. The summed E-state index contributed by atoms with van der Waals surface area (Å²) in [6.45, 7) is 2.00. The molecule has 9 heteroatoms. The molecule has 1 aromatic carbocycles. The fourth-order valence-corrected chi connectivity index (χ4v) is 4.72. The minimum atomic E-state index is 0.483. The summed E-state index contributed by atoms with van der Waals surface area (Å²) < 4.78 is 0. The van der Waals surface area contributed by atoms with E-state index in [2.05, 4.69) is 31.6 Å². The van der Waals surface area contributed by atoms with Gasteiger partial charge in [0.1, 0.15) is 5.82 Å². The molecule has 2 aromatic rings. The van der Waals surface area contributed by atoms with Gasteiger partial charge in [-0.3, -0.25) is 0 Å². The van der Waals surface area contributed by atoms with Gasteiger partial charge in [0, 0.05) is 24.7 Å². The average Bonchev–Trinajstić information content (AvgIpc) is 3.20. The lowest BCUT2D eigenvalue weighted by atomic mass is 9.89. The van der Waals surface area contributed by atoms with Gasteiger partial charge < -0.3 is 27.0 Å². The number of aromatic nitrogens is 1. The van der Waals surface area contributed by atoms with Crippen LogP contribution in [0.4, 0.5) is 10.8 Å². The highest BCUT2D eigenvalue weighted by Gasteiger charge is 2.23. The number of rotatable bonds is 9. The monoisotopic (exact) mass is 495 g/mol. The molecule has 2 heterocycles. The lowest BCUT2D eigenvalue weighted by molar-refractivity contribution is 0.404. The van der Waals surface area contributed by atoms with E-state index in [0.29, 0.717) is 21.9 Å². The van der Waals surface area contributed by atoms with Crippen LogP contribution in [0.15, 0.2) is 63.5 Å². The molecule has 3 aliphatic rings. The van der Waals surface area contributed by atoms with Gasteiger partial charge in [-0.15, -0.1) is 11.3 Å². The Morgan fingerprint density at radius 3 is 2.53 bits per heavy atom. The molecular weight excluding hydrogens is 466 g/mol. The summed E-state index contributed by atoms with van der Waals surface area (Å²) in [5, 5.41) is 17.3. The minimum absolute atomic E-state index is 0.483. The Bertz CT molecular complexity index is 1150. The molecule has 178 valence electrons. The number of hydrogen-bond donors (Lipinski definition) is 5. The Morgan fingerprint density at radius 2 is 1.91 bits per heavy atom. The Labute approximate surface area is 209 Å². The number of hydrogen-bond acceptors (Lipinski definition) is 8. The van der Waals surface area contributed by atoms with Gasteiger partial charge in [0.05, 0.1) is 40.1 Å². The molecule has 0 radical (unpaired) electrons. The van der Waals surface area contributed by atoms with Crippen molar-refractivity contribution in [3.63, 3.8) is 0 Å². The zero-order valence-electron chi connectivity index (χ0n) is 19.0. The van der Waals surface area contributed by atoms with Crippen LogP contribution >= 0.6 is 22.9 Å². The maximum atomic E-state index is 6.36. The highest BCUT2D eigenvalue weighted by molar-refractivity contribution is 7.13. The van der Waals surface area contributed by atoms with Crippen LogP contribution in [0.2, 0.25) is 5.02 Å². The third kappa shape index (κ3) is 5.29. The zero-order valence-corrected chi connectivity index (χ0v) is 20.6. The van der Waals surface area contributed by atoms with Crippen molar-refractivity contribution in [2.45, 2.75) is 44.6 Å². The molecule has 2 saturated carbocycles. The van der Waals surface area contributed by atoms with Crippen molar-refractivity contribution in [1.29, 1.82) is 0 Å². The number of benzene rings is 1. The first-order chi connectivity index (χ1) is 16.7. The molecular formula is C25H30ClN7S. The van der Waals surface area contributed by atoms with Crippen LogP contribution in [-0.4, -0.2) is 30.3 Å². The van der Waals surface area contributed by atoms with E-state index in [9.17, 15) is 0 Å². The molecule has 2 aliphatic carbocycles. The van der Waals surface area contributed by atoms with E-state index in [-0.39, 0.29) is 0 Å². The highest BCUT2D eigenvalue weighted by atomic mass is 35.5. The van der Waals surface area contributed by atoms with Crippen molar-refractivity contribution < 1.29 is 0 Å². The zero-order chi connectivity index (χ0) is 23.3. The van der Waals surface area contributed by atoms with Crippen LogP contribution in [0.5, 0.6) is 0 Å². The summed E-state index contributed by atoms with van der Waals surface area (Å²) in [6.07, 6.45) is 10.1. The Kier molecular flexibility index (Phi) is 7.18. The first-order valence-electron chi connectivity index (χ1n) is 11.8. The summed E-state index contributed by atoms with van der Waals surface area (Å²) in [5.74, 6) is 0.914. The van der Waals surface area contributed by atoms with Gasteiger partial charge in [-0.25, -0.2) is 9.98 Å². The molecule has 6 N–H and O–H groups in total. The molecule has 34 heavy (non-hydrogen) atoms. The van der Waals surface area contributed by atoms with Gasteiger partial charge in [0.25, 0.3) is 0 Å². The molecule has 7 nitrogen and oxygen atoms in total. The molecule has 1 saturated heterocycles. The van der Waals surface area contributed by atoms with E-state index >= 15 is 0 Å². The summed E-state index contributed by atoms with van der Waals surface area (Å²) in [4.78, 5) is 9.40. The first-order valence-corrected chi connectivity index (χ1v) is 13.1. The number of para-hydroxylation sites is 1. The molecule has 3 fully saturated rings. The number of aliphatic imine (C=N–C) groups is 1. The topological polar surface area (TPSA) is 99.4 Å². The normalized spacial score (nSPS) is 18.2. The van der Waals surface area contributed by atoms with Crippen LogP contribution < -0.4 is 27.0 Å². The second-order valence-electron chi connectivity index (χ2n) is 8.79. The van der Waals surface area contributed by atoms with E-state index in [0.717, 1.165) is 56.0 Å². The van der Waals surface area contributed by atoms with Gasteiger partial charge in [-0.05, 0) is 61.8 Å². The fraction of sp³-hybridized carbons (Fsp3) is 0.360. The van der Waals surface area contributed by atoms with Gasteiger partial charge in [-0.1, -0.05) is 23.7 Å². The quantitative estimate of drug-likeness (QED) is 0.319. The van der Waals surface area contributed by atoms with Gasteiger partial charge >= 0.3 is 0 Å². The number of anilines is 1. The molecule has 5 rings (SSSR count). The van der Waals surface area contributed by atoms with Gasteiger partial charge in [0.15, 0.2) is 0 Å². The molecule has 1 aliphatic heterocycles. The number of nitrogens with two attached hydrogens (primary N) is 1. The maximum absolute atomic E-state index is 6.36. The SMILES string of the molecule is NC=C(C=Nc1nc(C(NC2CNC2)=C2CCC2)cs1)NC(Nc1ccccc1Cl)=C1CCC1. The minimum Gasteiger partial charge on any atom is -0.403 e. The molecule has 0 atom stereocenters. The molecule has 1 aromatic heterocycles. The maximum Gasteiger partial charge on any atom is 0.209 e. The number of nitrogens with zero attached hydrogens (tertiary/aromatic N) is 2. The van der Waals surface area contributed by atoms with E-state index in [1.807, 2.05) is 24.3 Å². The number of halogens is 1. The first kappa shape index (κ1) is 23.0. The van der Waals surface area contributed by atoms with Crippen molar-refractivity contribution in [2.24, 2.45) is 10.7 Å². The molecule has 0 bridgehead atoms. The smallest absolute Gasteiger partial charge is 0.209 e. The Morgan fingerprint density at radius 1 is 1.15 bits per heavy atom. The second kappa shape index (κ2) is 10.6. The summed E-state index contributed by atoms with van der Waals surface area (Å²) in [6, 6.07) is 8.19. The number of nitrogens with one attached hydrogen (secondary N) is 4. The third-order valence-electron chi connectivity index (χ3n) is 6.40. The van der Waals surface area contributed by atoms with E-state index < -0.39 is 0 Å². The standard InChI is InChI=1S/C25H30ClN7S/c26-20-9-1-2-10-21(20)32-24(17-7-4-8-17)31-18(11-27)14-29-25-33-22(15-34-25)23(16-5-3-6-16)30-19-12-28-13-19/h1-2,9-11,14-15,19,28,30-32H,3-8,12-13,27H2. The lowest BCUT2D eigenvalue weighted by Crippen LogP contribution is -2.54. The molecule has 0 amide bonds. The largest absolute Gasteiger partial charge is 0.403 e. The lowest BCUT2D eigenvalue weighted by Gasteiger charge is -2.32. The van der Waals surface area contributed by atoms with Crippen molar-refractivity contribution in [1.82, 2.24) is 20.9 Å². The van der Waals surface area contributed by atoms with Crippen molar-refractivity contribution in [3.05, 3.63) is 69.2 Å². The predicted octanol–water partition coefficient (Wildman–Crippen LogP) is 4.85. The van der Waals surface area contributed by atoms with Gasteiger partial charge in [0.2, 0.25) is 5.13 Å². The fourth-order valence-electron chi connectivity index (χ4n) is 3.89. The van der Waals surface area contributed by atoms with E-state index in [1.54, 1.807) is 17.6 Å². The van der Waals surface area contributed by atoms with Crippen LogP contribution in [0.1, 0.15) is 44.2 Å². The summed E-state index contributed by atoms with van der Waals surface area (Å²) in [7, 11) is 0. The Hall–Kier alpha value is -2.81. The summed E-state index contributed by atoms with van der Waals surface area (Å²) >= 11 is 7.90. The number of thiazole rings is 1. The Balaban J connectivity index is 1.28. The van der Waals surface area contributed by atoms with Crippen LogP contribution in [0.25, 0.3) is 5.70 Å². The number of allylic oxidation sites excluding steroid dienone is 3. The van der Waals surface area contributed by atoms with E-state index in [1.165, 1.54) is 35.9 Å². The predicted molar refractivity (Wildman–Crippen MR) is 142 cm³/mol. The van der Waals surface area contributed by atoms with Crippen molar-refractivity contribution >= 4 is 45.7 Å². The van der Waals surface area contributed by atoms with Crippen LogP contribution in [-0.2, 0) is 0 Å². The van der Waals surface area contributed by atoms with Crippen LogP contribution in [0.3, 0.4) is 0 Å². The average molecular weight is 496 g/mol.